The van der Waals surface area contributed by atoms with Crippen LogP contribution in [0.5, 0.6) is 5.75 Å². The number of hydrogen-bond acceptors (Lipinski definition) is 4. The number of benzene rings is 1. The van der Waals surface area contributed by atoms with Crippen LogP contribution in [-0.4, -0.2) is 36.6 Å². The fraction of sp³-hybridized carbons (Fsp3) is 0.600. The Hall–Kier alpha value is -1.10. The third-order valence-corrected chi connectivity index (χ3v) is 3.62. The van der Waals surface area contributed by atoms with Crippen molar-refractivity contribution >= 4 is 0 Å². The Balaban J connectivity index is 1.79. The van der Waals surface area contributed by atoms with E-state index in [2.05, 4.69) is 13.8 Å². The van der Waals surface area contributed by atoms with Crippen molar-refractivity contribution in [2.24, 2.45) is 0 Å². The van der Waals surface area contributed by atoms with Crippen molar-refractivity contribution in [2.75, 3.05) is 19.8 Å². The van der Waals surface area contributed by atoms with Crippen LogP contribution < -0.4 is 4.74 Å². The topological polar surface area (TPSA) is 47.9 Å². The van der Waals surface area contributed by atoms with Crippen LogP contribution in [0.3, 0.4) is 0 Å². The largest absolute Gasteiger partial charge is 0.487 e. The van der Waals surface area contributed by atoms with Gasteiger partial charge in [-0.15, -0.1) is 0 Å². The Morgan fingerprint density at radius 1 is 1.32 bits per heavy atom. The molecule has 0 amide bonds. The number of rotatable bonds is 2. The lowest BCUT2D eigenvalue weighted by Crippen LogP contribution is -2.33. The molecule has 0 saturated carbocycles. The molecule has 2 aliphatic rings. The maximum atomic E-state index is 10.4. The maximum Gasteiger partial charge on any atom is 0.123 e. The molecule has 3 rings (SSSR count). The summed E-state index contributed by atoms with van der Waals surface area (Å²) in [6, 6.07) is 5.86. The minimum atomic E-state index is -0.644. The molecule has 4 heteroatoms. The van der Waals surface area contributed by atoms with Gasteiger partial charge in [0, 0.05) is 6.42 Å². The lowest BCUT2D eigenvalue weighted by Gasteiger charge is -2.27. The van der Waals surface area contributed by atoms with Crippen LogP contribution in [0.25, 0.3) is 0 Å². The van der Waals surface area contributed by atoms with Crippen molar-refractivity contribution in [1.82, 2.24) is 0 Å². The monoisotopic (exact) mass is 264 g/mol. The van der Waals surface area contributed by atoms with Gasteiger partial charge in [0.25, 0.3) is 0 Å². The van der Waals surface area contributed by atoms with E-state index < -0.39 is 6.10 Å². The summed E-state index contributed by atoms with van der Waals surface area (Å²) in [5.41, 5.74) is 1.87. The summed E-state index contributed by atoms with van der Waals surface area (Å²) in [4.78, 5) is 0. The summed E-state index contributed by atoms with van der Waals surface area (Å²) < 4.78 is 16.7. The predicted molar refractivity (Wildman–Crippen MR) is 70.4 cm³/mol. The molecule has 0 aromatic heterocycles. The van der Waals surface area contributed by atoms with Gasteiger partial charge in [0.2, 0.25) is 0 Å². The maximum absolute atomic E-state index is 10.4. The Bertz CT molecular complexity index is 463. The zero-order valence-corrected chi connectivity index (χ0v) is 11.4. The number of aliphatic hydroxyl groups is 1. The molecule has 0 radical (unpaired) electrons. The second kappa shape index (κ2) is 4.78. The minimum Gasteiger partial charge on any atom is -0.487 e. The molecule has 19 heavy (non-hydrogen) atoms. The van der Waals surface area contributed by atoms with Crippen molar-refractivity contribution in [3.8, 4) is 5.75 Å². The molecule has 1 N–H and O–H groups in total. The van der Waals surface area contributed by atoms with Crippen molar-refractivity contribution in [3.63, 3.8) is 0 Å². The molecular formula is C15H20O4. The summed E-state index contributed by atoms with van der Waals surface area (Å²) >= 11 is 0. The van der Waals surface area contributed by atoms with Gasteiger partial charge < -0.3 is 19.3 Å². The summed E-state index contributed by atoms with van der Waals surface area (Å²) in [5, 5.41) is 10.4. The lowest BCUT2D eigenvalue weighted by atomic mass is 9.97. The first-order valence-electron chi connectivity index (χ1n) is 6.74. The SMILES string of the molecule is CC1(C)Cc2cc(C(O)C3COCCO3)ccc2O1. The predicted octanol–water partition coefficient (Wildman–Crippen LogP) is 1.85. The van der Waals surface area contributed by atoms with Gasteiger partial charge in [-0.25, -0.2) is 0 Å². The summed E-state index contributed by atoms with van der Waals surface area (Å²) in [7, 11) is 0. The van der Waals surface area contributed by atoms with E-state index in [-0.39, 0.29) is 11.7 Å². The third-order valence-electron chi connectivity index (χ3n) is 3.62. The highest BCUT2D eigenvalue weighted by Crippen LogP contribution is 2.36. The Morgan fingerprint density at radius 2 is 2.16 bits per heavy atom. The minimum absolute atomic E-state index is 0.156. The Kier molecular flexibility index (Phi) is 3.25. The average Bonchev–Trinajstić information content (AvgIpc) is 2.71. The quantitative estimate of drug-likeness (QED) is 0.885. The van der Waals surface area contributed by atoms with E-state index >= 15 is 0 Å². The highest BCUT2D eigenvalue weighted by molar-refractivity contribution is 5.42. The second-order valence-corrected chi connectivity index (χ2v) is 5.83. The smallest absolute Gasteiger partial charge is 0.123 e. The van der Waals surface area contributed by atoms with Gasteiger partial charge in [-0.05, 0) is 37.1 Å². The average molecular weight is 264 g/mol. The van der Waals surface area contributed by atoms with Crippen LogP contribution >= 0.6 is 0 Å². The summed E-state index contributed by atoms with van der Waals surface area (Å²) in [6.45, 7) is 5.74. The van der Waals surface area contributed by atoms with Crippen LogP contribution in [0.15, 0.2) is 18.2 Å². The summed E-state index contributed by atoms with van der Waals surface area (Å²) in [5.74, 6) is 0.918. The third kappa shape index (κ3) is 2.61. The number of hydrogen-bond donors (Lipinski definition) is 1. The van der Waals surface area contributed by atoms with E-state index in [4.69, 9.17) is 14.2 Å². The number of aliphatic hydroxyl groups excluding tert-OH is 1. The molecule has 1 aromatic rings. The van der Waals surface area contributed by atoms with Crippen molar-refractivity contribution in [3.05, 3.63) is 29.3 Å². The Morgan fingerprint density at radius 3 is 2.89 bits per heavy atom. The molecule has 0 bridgehead atoms. The first kappa shape index (κ1) is 12.9. The lowest BCUT2D eigenvalue weighted by molar-refractivity contribution is -0.133. The van der Waals surface area contributed by atoms with E-state index in [9.17, 15) is 5.11 Å². The zero-order valence-electron chi connectivity index (χ0n) is 11.4. The van der Waals surface area contributed by atoms with Crippen LogP contribution in [0.1, 0.15) is 31.1 Å². The molecule has 0 spiro atoms. The second-order valence-electron chi connectivity index (χ2n) is 5.83. The van der Waals surface area contributed by atoms with Crippen molar-refractivity contribution in [1.29, 1.82) is 0 Å². The molecule has 2 heterocycles. The first-order valence-corrected chi connectivity index (χ1v) is 6.74. The first-order chi connectivity index (χ1) is 9.05. The molecule has 2 aliphatic heterocycles. The van der Waals surface area contributed by atoms with E-state index in [0.29, 0.717) is 19.8 Å². The van der Waals surface area contributed by atoms with Gasteiger partial charge in [-0.1, -0.05) is 6.07 Å². The van der Waals surface area contributed by atoms with E-state index in [1.54, 1.807) is 0 Å². The van der Waals surface area contributed by atoms with Crippen molar-refractivity contribution in [2.45, 2.75) is 38.1 Å². The standard InChI is InChI=1S/C15H20O4/c1-15(2)8-11-7-10(3-4-12(11)19-15)14(16)13-9-17-5-6-18-13/h3-4,7,13-14,16H,5-6,8-9H2,1-2H3. The normalized spacial score (nSPS) is 26.6. The highest BCUT2D eigenvalue weighted by atomic mass is 16.6. The van der Waals surface area contributed by atoms with Gasteiger partial charge in [0.15, 0.2) is 0 Å². The molecule has 104 valence electrons. The van der Waals surface area contributed by atoms with Gasteiger partial charge in [-0.2, -0.15) is 0 Å². The Labute approximate surface area is 113 Å². The zero-order chi connectivity index (χ0) is 13.5. The molecule has 2 unspecified atom stereocenters. The van der Waals surface area contributed by atoms with Gasteiger partial charge in [0.1, 0.15) is 23.6 Å². The van der Waals surface area contributed by atoms with Gasteiger partial charge in [0.05, 0.1) is 19.8 Å². The van der Waals surface area contributed by atoms with Gasteiger partial charge >= 0.3 is 0 Å². The highest BCUT2D eigenvalue weighted by Gasteiger charge is 2.31. The molecule has 4 nitrogen and oxygen atoms in total. The molecule has 1 saturated heterocycles. The molecule has 2 atom stereocenters. The van der Waals surface area contributed by atoms with E-state index in [0.717, 1.165) is 23.3 Å². The number of ether oxygens (including phenoxy) is 3. The van der Waals surface area contributed by atoms with E-state index in [1.807, 2.05) is 18.2 Å². The fourth-order valence-electron chi connectivity index (χ4n) is 2.72. The van der Waals surface area contributed by atoms with Crippen LogP contribution in [0, 0.1) is 0 Å². The number of fused-ring (bicyclic) bond motifs is 1. The van der Waals surface area contributed by atoms with Crippen LogP contribution in [-0.2, 0) is 15.9 Å². The van der Waals surface area contributed by atoms with Crippen LogP contribution in [0.4, 0.5) is 0 Å². The fourth-order valence-corrected chi connectivity index (χ4v) is 2.72. The van der Waals surface area contributed by atoms with Crippen molar-refractivity contribution < 1.29 is 19.3 Å². The molecule has 0 aliphatic carbocycles. The van der Waals surface area contributed by atoms with E-state index in [1.165, 1.54) is 0 Å². The molecular weight excluding hydrogens is 244 g/mol. The van der Waals surface area contributed by atoms with Gasteiger partial charge in [-0.3, -0.25) is 0 Å². The summed E-state index contributed by atoms with van der Waals surface area (Å²) in [6.07, 6.45) is -0.0540. The van der Waals surface area contributed by atoms with Crippen LogP contribution in [0.2, 0.25) is 0 Å². The molecule has 1 aromatic carbocycles. The molecule has 1 fully saturated rings.